The highest BCUT2D eigenvalue weighted by atomic mass is 16.5. The summed E-state index contributed by atoms with van der Waals surface area (Å²) in [7, 11) is 0. The van der Waals surface area contributed by atoms with Crippen molar-refractivity contribution >= 4 is 0 Å². The third kappa shape index (κ3) is 5.19. The molecule has 0 saturated carbocycles. The number of hydrogen-bond acceptors (Lipinski definition) is 3. The van der Waals surface area contributed by atoms with E-state index in [0.717, 1.165) is 30.4 Å². The molecule has 0 aliphatic heterocycles. The molecule has 0 fully saturated rings. The summed E-state index contributed by atoms with van der Waals surface area (Å²) in [4.78, 5) is 0. The van der Waals surface area contributed by atoms with Gasteiger partial charge in [-0.1, -0.05) is 72.2 Å². The fraction of sp³-hybridized carbons (Fsp3) is 0.267. The van der Waals surface area contributed by atoms with Gasteiger partial charge in [-0.3, -0.25) is 0 Å². The van der Waals surface area contributed by atoms with Gasteiger partial charge in [0.1, 0.15) is 13.2 Å². The van der Waals surface area contributed by atoms with Gasteiger partial charge in [0.25, 0.3) is 0 Å². The number of ether oxygens (including phenoxy) is 2. The molecule has 2 atom stereocenters. The lowest BCUT2D eigenvalue weighted by Gasteiger charge is -2.15. The highest BCUT2D eigenvalue weighted by Gasteiger charge is 2.29. The predicted octanol–water partition coefficient (Wildman–Crippen LogP) is 4.21. The maximum atomic E-state index is 6.31. The monoisotopic (exact) mass is 433 g/mol. The molecule has 0 aromatic heterocycles. The summed E-state index contributed by atoms with van der Waals surface area (Å²) < 4.78 is 11.9. The molecule has 3 heteroatoms. The van der Waals surface area contributed by atoms with Crippen LogP contribution < -0.4 is 5.73 Å². The molecular weight excluding hydrogens is 406 g/mol. The van der Waals surface area contributed by atoms with Gasteiger partial charge in [0.05, 0.1) is 18.2 Å². The molecular formula is C30H27NO2. The van der Waals surface area contributed by atoms with Gasteiger partial charge in [-0.2, -0.15) is 0 Å². The summed E-state index contributed by atoms with van der Waals surface area (Å²) >= 11 is 0. The van der Waals surface area contributed by atoms with E-state index in [4.69, 9.17) is 15.2 Å². The zero-order valence-electron chi connectivity index (χ0n) is 18.6. The molecule has 0 unspecified atom stereocenters. The van der Waals surface area contributed by atoms with Crippen LogP contribution in [-0.2, 0) is 28.7 Å². The summed E-state index contributed by atoms with van der Waals surface area (Å²) in [5.74, 6) is 12.6. The average Bonchev–Trinajstić information content (AvgIpc) is 3.41. The minimum Gasteiger partial charge on any atom is -0.365 e. The van der Waals surface area contributed by atoms with Gasteiger partial charge in [0.2, 0.25) is 0 Å². The molecule has 3 nitrogen and oxygen atoms in total. The Balaban J connectivity index is 1.06. The Morgan fingerprint density at radius 2 is 1.21 bits per heavy atom. The molecule has 3 aromatic carbocycles. The standard InChI is InChI=1S/C30H27NO2/c31-30-28-12-4-3-11-26(28)21-29(30)33-18-6-8-23-15-13-22(14-16-23)7-5-17-32-27-19-24-9-1-2-10-25(24)20-27/h1-4,9-16,27,29-30H,17-21,31H2/t29-,30+/m1/s1. The molecule has 0 saturated heterocycles. The molecule has 0 bridgehead atoms. The molecule has 2 aliphatic rings. The van der Waals surface area contributed by atoms with Crippen LogP contribution in [0.3, 0.4) is 0 Å². The van der Waals surface area contributed by atoms with Crippen LogP contribution in [0.1, 0.15) is 39.4 Å². The number of hydrogen-bond donors (Lipinski definition) is 1. The second-order valence-corrected chi connectivity index (χ2v) is 8.57. The van der Waals surface area contributed by atoms with E-state index in [1.807, 2.05) is 36.4 Å². The fourth-order valence-electron chi connectivity index (χ4n) is 4.61. The molecule has 0 spiro atoms. The number of nitrogens with two attached hydrogens (primary N) is 1. The Bertz CT molecular complexity index is 1210. The zero-order chi connectivity index (χ0) is 22.5. The summed E-state index contributed by atoms with van der Waals surface area (Å²) in [5, 5.41) is 0. The normalized spacial score (nSPS) is 18.6. The van der Waals surface area contributed by atoms with Crippen LogP contribution in [0.25, 0.3) is 0 Å². The van der Waals surface area contributed by atoms with E-state index < -0.39 is 0 Å². The second kappa shape index (κ2) is 10.1. The highest BCUT2D eigenvalue weighted by molar-refractivity contribution is 5.42. The van der Waals surface area contributed by atoms with Crippen molar-refractivity contribution in [1.82, 2.24) is 0 Å². The maximum Gasteiger partial charge on any atom is 0.108 e. The third-order valence-electron chi connectivity index (χ3n) is 6.36. The van der Waals surface area contributed by atoms with Crippen molar-refractivity contribution in [3.05, 3.63) is 106 Å². The van der Waals surface area contributed by atoms with Crippen molar-refractivity contribution < 1.29 is 9.47 Å². The van der Waals surface area contributed by atoms with Crippen LogP contribution in [0, 0.1) is 23.7 Å². The zero-order valence-corrected chi connectivity index (χ0v) is 18.6. The molecule has 3 aromatic rings. The van der Waals surface area contributed by atoms with Crippen molar-refractivity contribution in [2.75, 3.05) is 13.2 Å². The van der Waals surface area contributed by atoms with Crippen molar-refractivity contribution in [3.8, 4) is 23.7 Å². The Labute approximate surface area is 195 Å². The van der Waals surface area contributed by atoms with Crippen LogP contribution in [0.5, 0.6) is 0 Å². The van der Waals surface area contributed by atoms with Gasteiger partial charge < -0.3 is 15.2 Å². The van der Waals surface area contributed by atoms with Gasteiger partial charge >= 0.3 is 0 Å². The highest BCUT2D eigenvalue weighted by Crippen LogP contribution is 2.31. The number of rotatable bonds is 4. The third-order valence-corrected chi connectivity index (χ3v) is 6.36. The Kier molecular flexibility index (Phi) is 6.56. The molecule has 2 N–H and O–H groups in total. The molecule has 0 radical (unpaired) electrons. The smallest absolute Gasteiger partial charge is 0.108 e. The number of benzene rings is 3. The van der Waals surface area contributed by atoms with E-state index in [2.05, 4.69) is 60.1 Å². The molecule has 2 aliphatic carbocycles. The summed E-state index contributed by atoms with van der Waals surface area (Å²) in [6, 6.07) is 24.7. The summed E-state index contributed by atoms with van der Waals surface area (Å²) in [5.41, 5.74) is 13.5. The van der Waals surface area contributed by atoms with Gasteiger partial charge in [0.15, 0.2) is 0 Å². The molecule has 5 rings (SSSR count). The van der Waals surface area contributed by atoms with Crippen molar-refractivity contribution in [3.63, 3.8) is 0 Å². The van der Waals surface area contributed by atoms with Crippen molar-refractivity contribution in [2.24, 2.45) is 5.73 Å². The first kappa shape index (κ1) is 21.5. The first-order valence-electron chi connectivity index (χ1n) is 11.5. The lowest BCUT2D eigenvalue weighted by Crippen LogP contribution is -2.25. The summed E-state index contributed by atoms with van der Waals surface area (Å²) in [6.07, 6.45) is 3.05. The van der Waals surface area contributed by atoms with Crippen LogP contribution in [0.4, 0.5) is 0 Å². The fourth-order valence-corrected chi connectivity index (χ4v) is 4.61. The van der Waals surface area contributed by atoms with Gasteiger partial charge in [0, 0.05) is 17.5 Å². The SMILES string of the molecule is N[C@H]1c2ccccc2C[C@H]1OCC#Cc1ccc(C#CCOC2Cc3ccccc3C2)cc1. The summed E-state index contributed by atoms with van der Waals surface area (Å²) in [6.45, 7) is 0.820. The minimum absolute atomic E-state index is 0.00466. The second-order valence-electron chi connectivity index (χ2n) is 8.57. The Morgan fingerprint density at radius 3 is 1.82 bits per heavy atom. The molecule has 33 heavy (non-hydrogen) atoms. The van der Waals surface area contributed by atoms with E-state index in [0.29, 0.717) is 13.2 Å². The molecule has 0 amide bonds. The van der Waals surface area contributed by atoms with Crippen LogP contribution in [-0.4, -0.2) is 25.4 Å². The predicted molar refractivity (Wildman–Crippen MR) is 131 cm³/mol. The van der Waals surface area contributed by atoms with E-state index in [9.17, 15) is 0 Å². The van der Waals surface area contributed by atoms with E-state index in [1.54, 1.807) is 0 Å². The van der Waals surface area contributed by atoms with Crippen molar-refractivity contribution in [2.45, 2.75) is 37.5 Å². The largest absolute Gasteiger partial charge is 0.365 e. The lowest BCUT2D eigenvalue weighted by atomic mass is 10.1. The van der Waals surface area contributed by atoms with E-state index in [1.165, 1.54) is 22.3 Å². The van der Waals surface area contributed by atoms with Gasteiger partial charge in [-0.05, 0) is 59.4 Å². The Hall–Kier alpha value is -3.34. The van der Waals surface area contributed by atoms with E-state index in [-0.39, 0.29) is 18.2 Å². The van der Waals surface area contributed by atoms with Crippen molar-refractivity contribution in [1.29, 1.82) is 0 Å². The van der Waals surface area contributed by atoms with Gasteiger partial charge in [-0.15, -0.1) is 0 Å². The molecule has 164 valence electrons. The van der Waals surface area contributed by atoms with Gasteiger partial charge in [-0.25, -0.2) is 0 Å². The van der Waals surface area contributed by atoms with Crippen LogP contribution in [0.2, 0.25) is 0 Å². The first-order chi connectivity index (χ1) is 16.3. The molecule has 0 heterocycles. The topological polar surface area (TPSA) is 44.5 Å². The lowest BCUT2D eigenvalue weighted by molar-refractivity contribution is 0.0672. The first-order valence-corrected chi connectivity index (χ1v) is 11.5. The quantitative estimate of drug-likeness (QED) is 0.627. The minimum atomic E-state index is -0.0752. The number of fused-ring (bicyclic) bond motifs is 2. The average molecular weight is 434 g/mol. The maximum absolute atomic E-state index is 6.31. The Morgan fingerprint density at radius 1 is 0.667 bits per heavy atom. The van der Waals surface area contributed by atoms with E-state index >= 15 is 0 Å². The van der Waals surface area contributed by atoms with Crippen LogP contribution in [0.15, 0.2) is 72.8 Å². The van der Waals surface area contributed by atoms with Crippen LogP contribution >= 0.6 is 0 Å².